The number of nitrogens with zero attached hydrogens (tertiary/aromatic N) is 1. The first kappa shape index (κ1) is 14.4. The van der Waals surface area contributed by atoms with E-state index in [2.05, 4.69) is 15.6 Å². The molecule has 2 heterocycles. The Morgan fingerprint density at radius 2 is 2.29 bits per heavy atom. The van der Waals surface area contributed by atoms with Crippen molar-refractivity contribution in [3.63, 3.8) is 0 Å². The van der Waals surface area contributed by atoms with E-state index in [0.717, 1.165) is 36.6 Å². The Balaban J connectivity index is 0.00000144. The van der Waals surface area contributed by atoms with Gasteiger partial charge in [-0.2, -0.15) is 0 Å². The maximum absolute atomic E-state index is 11.8. The summed E-state index contributed by atoms with van der Waals surface area (Å²) in [6.07, 6.45) is 1.89. The van der Waals surface area contributed by atoms with Gasteiger partial charge in [-0.1, -0.05) is 0 Å². The fourth-order valence-electron chi connectivity index (χ4n) is 1.90. The number of carbonyl (C=O) groups is 1. The van der Waals surface area contributed by atoms with Crippen molar-refractivity contribution in [2.45, 2.75) is 26.3 Å². The summed E-state index contributed by atoms with van der Waals surface area (Å²) >= 11 is 1.62. The van der Waals surface area contributed by atoms with Crippen LogP contribution in [0.1, 0.15) is 23.5 Å². The largest absolute Gasteiger partial charge is 0.350 e. The number of aromatic nitrogens is 1. The first-order valence-electron chi connectivity index (χ1n) is 5.65. The molecule has 0 unspecified atom stereocenters. The molecule has 0 aromatic carbocycles. The molecule has 0 aliphatic carbocycles. The van der Waals surface area contributed by atoms with Crippen LogP contribution in [-0.2, 0) is 11.3 Å². The molecule has 0 saturated carbocycles. The number of piperidine rings is 1. The smallest absolute Gasteiger partial charge is 0.223 e. The van der Waals surface area contributed by atoms with Gasteiger partial charge in [-0.3, -0.25) is 4.79 Å². The van der Waals surface area contributed by atoms with Gasteiger partial charge in [0.1, 0.15) is 0 Å². The molecule has 1 aliphatic heterocycles. The third-order valence-corrected chi connectivity index (χ3v) is 3.64. The van der Waals surface area contributed by atoms with Gasteiger partial charge in [0, 0.05) is 11.3 Å². The molecule has 6 heteroatoms. The second kappa shape index (κ2) is 6.93. The van der Waals surface area contributed by atoms with Crippen molar-refractivity contribution in [1.82, 2.24) is 15.6 Å². The van der Waals surface area contributed by atoms with E-state index in [0.29, 0.717) is 6.54 Å². The van der Waals surface area contributed by atoms with E-state index in [-0.39, 0.29) is 24.2 Å². The maximum atomic E-state index is 11.8. The van der Waals surface area contributed by atoms with Crippen LogP contribution in [0.15, 0.2) is 5.38 Å². The molecular formula is C11H18ClN3OS. The van der Waals surface area contributed by atoms with E-state index < -0.39 is 0 Å². The molecule has 1 fully saturated rings. The highest BCUT2D eigenvalue weighted by molar-refractivity contribution is 7.09. The molecule has 1 saturated heterocycles. The molecule has 0 bridgehead atoms. The van der Waals surface area contributed by atoms with Gasteiger partial charge >= 0.3 is 0 Å². The van der Waals surface area contributed by atoms with Gasteiger partial charge in [0.05, 0.1) is 17.2 Å². The zero-order valence-corrected chi connectivity index (χ0v) is 11.5. The van der Waals surface area contributed by atoms with Gasteiger partial charge in [0.25, 0.3) is 0 Å². The number of nitrogens with one attached hydrogen (secondary N) is 2. The quantitative estimate of drug-likeness (QED) is 0.879. The van der Waals surface area contributed by atoms with E-state index in [4.69, 9.17) is 0 Å². The van der Waals surface area contributed by atoms with Crippen LogP contribution in [0.25, 0.3) is 0 Å². The second-order valence-electron chi connectivity index (χ2n) is 4.10. The van der Waals surface area contributed by atoms with Crippen LogP contribution in [-0.4, -0.2) is 24.0 Å². The van der Waals surface area contributed by atoms with Crippen LogP contribution >= 0.6 is 23.7 Å². The molecule has 1 aliphatic rings. The Morgan fingerprint density at radius 1 is 1.59 bits per heavy atom. The molecule has 4 nitrogen and oxygen atoms in total. The summed E-state index contributed by atoms with van der Waals surface area (Å²) in [5.41, 5.74) is 0.963. The van der Waals surface area contributed by atoms with Crippen LogP contribution in [0.3, 0.4) is 0 Å². The molecule has 0 radical (unpaired) electrons. The van der Waals surface area contributed by atoms with E-state index in [1.165, 1.54) is 0 Å². The monoisotopic (exact) mass is 275 g/mol. The van der Waals surface area contributed by atoms with Crippen molar-refractivity contribution in [2.24, 2.45) is 5.92 Å². The normalized spacial score (nSPS) is 16.3. The molecule has 0 atom stereocenters. The van der Waals surface area contributed by atoms with Crippen molar-refractivity contribution < 1.29 is 4.79 Å². The number of halogens is 1. The number of amides is 1. The summed E-state index contributed by atoms with van der Waals surface area (Å²) in [5.74, 6) is 0.355. The molecule has 0 spiro atoms. The number of hydrogen-bond acceptors (Lipinski definition) is 4. The van der Waals surface area contributed by atoms with Crippen molar-refractivity contribution in [1.29, 1.82) is 0 Å². The Labute approximate surface area is 112 Å². The highest BCUT2D eigenvalue weighted by Gasteiger charge is 2.20. The molecule has 2 N–H and O–H groups in total. The van der Waals surface area contributed by atoms with Crippen LogP contribution in [0.4, 0.5) is 0 Å². The Morgan fingerprint density at radius 3 is 2.88 bits per heavy atom. The average molecular weight is 276 g/mol. The molecule has 2 rings (SSSR count). The zero-order valence-electron chi connectivity index (χ0n) is 9.86. The Kier molecular flexibility index (Phi) is 5.88. The predicted octanol–water partition coefficient (Wildman–Crippen LogP) is 1.49. The average Bonchev–Trinajstić information content (AvgIpc) is 2.73. The molecule has 96 valence electrons. The predicted molar refractivity (Wildman–Crippen MR) is 71.5 cm³/mol. The zero-order chi connectivity index (χ0) is 11.4. The fourth-order valence-corrected chi connectivity index (χ4v) is 2.51. The lowest BCUT2D eigenvalue weighted by atomic mass is 9.97. The third kappa shape index (κ3) is 4.26. The SMILES string of the molecule is Cc1nc(CNC(=O)C2CCNCC2)cs1.Cl. The first-order valence-corrected chi connectivity index (χ1v) is 6.53. The van der Waals surface area contributed by atoms with Gasteiger partial charge < -0.3 is 10.6 Å². The van der Waals surface area contributed by atoms with Crippen molar-refractivity contribution >= 4 is 29.7 Å². The lowest BCUT2D eigenvalue weighted by Gasteiger charge is -2.21. The van der Waals surface area contributed by atoms with Crippen molar-refractivity contribution in [2.75, 3.05) is 13.1 Å². The summed E-state index contributed by atoms with van der Waals surface area (Å²) in [6, 6.07) is 0. The first-order chi connectivity index (χ1) is 7.75. The molecule has 1 aromatic rings. The fraction of sp³-hybridized carbons (Fsp3) is 0.636. The molecule has 17 heavy (non-hydrogen) atoms. The van der Waals surface area contributed by atoms with E-state index >= 15 is 0 Å². The lowest BCUT2D eigenvalue weighted by molar-refractivity contribution is -0.125. The minimum Gasteiger partial charge on any atom is -0.350 e. The van der Waals surface area contributed by atoms with Gasteiger partial charge in [0.2, 0.25) is 5.91 Å². The van der Waals surface area contributed by atoms with Gasteiger partial charge in [-0.25, -0.2) is 4.98 Å². The number of rotatable bonds is 3. The van der Waals surface area contributed by atoms with Gasteiger partial charge in [-0.15, -0.1) is 23.7 Å². The van der Waals surface area contributed by atoms with Crippen molar-refractivity contribution in [3.8, 4) is 0 Å². The van der Waals surface area contributed by atoms with Crippen LogP contribution in [0.5, 0.6) is 0 Å². The van der Waals surface area contributed by atoms with E-state index in [1.54, 1.807) is 11.3 Å². The Bertz CT molecular complexity index is 363. The highest BCUT2D eigenvalue weighted by Crippen LogP contribution is 2.12. The van der Waals surface area contributed by atoms with E-state index in [1.807, 2.05) is 12.3 Å². The molecule has 1 aromatic heterocycles. The molecule has 1 amide bonds. The third-order valence-electron chi connectivity index (χ3n) is 2.82. The number of hydrogen-bond donors (Lipinski definition) is 2. The second-order valence-corrected chi connectivity index (χ2v) is 5.16. The maximum Gasteiger partial charge on any atom is 0.223 e. The highest BCUT2D eigenvalue weighted by atomic mass is 35.5. The summed E-state index contributed by atoms with van der Waals surface area (Å²) in [7, 11) is 0. The summed E-state index contributed by atoms with van der Waals surface area (Å²) in [5, 5.41) is 9.26. The lowest BCUT2D eigenvalue weighted by Crippen LogP contribution is -2.37. The standard InChI is InChI=1S/C11H17N3OS.ClH/c1-8-14-10(7-16-8)6-13-11(15)9-2-4-12-5-3-9;/h7,9,12H,2-6H2,1H3,(H,13,15);1H. The van der Waals surface area contributed by atoms with E-state index in [9.17, 15) is 4.79 Å². The minimum atomic E-state index is 0. The number of carbonyl (C=O) groups excluding carboxylic acids is 1. The molecular weight excluding hydrogens is 258 g/mol. The summed E-state index contributed by atoms with van der Waals surface area (Å²) in [6.45, 7) is 4.44. The van der Waals surface area contributed by atoms with Crippen LogP contribution < -0.4 is 10.6 Å². The van der Waals surface area contributed by atoms with Crippen molar-refractivity contribution in [3.05, 3.63) is 16.1 Å². The number of aryl methyl sites for hydroxylation is 1. The topological polar surface area (TPSA) is 54.0 Å². The van der Waals surface area contributed by atoms with Gasteiger partial charge in [-0.05, 0) is 32.9 Å². The minimum absolute atomic E-state index is 0. The van der Waals surface area contributed by atoms with Crippen LogP contribution in [0.2, 0.25) is 0 Å². The number of thiazole rings is 1. The van der Waals surface area contributed by atoms with Crippen LogP contribution in [0, 0.1) is 12.8 Å². The summed E-state index contributed by atoms with van der Waals surface area (Å²) < 4.78 is 0. The van der Waals surface area contributed by atoms with Gasteiger partial charge in [0.15, 0.2) is 0 Å². The summed E-state index contributed by atoms with van der Waals surface area (Å²) in [4.78, 5) is 16.1. The Hall–Kier alpha value is -0.650.